The molecule has 110 valence electrons. The fourth-order valence-corrected chi connectivity index (χ4v) is 2.99. The van der Waals surface area contributed by atoms with E-state index in [1.54, 1.807) is 0 Å². The Morgan fingerprint density at radius 3 is 2.35 bits per heavy atom. The van der Waals surface area contributed by atoms with Crippen LogP contribution in [0.2, 0.25) is 0 Å². The number of amides is 1. The third-order valence-corrected chi connectivity index (χ3v) is 4.03. The van der Waals surface area contributed by atoms with Crippen LogP contribution < -0.4 is 4.74 Å². The fraction of sp³-hybridized carbons (Fsp3) is 0.588. The van der Waals surface area contributed by atoms with E-state index in [9.17, 15) is 4.79 Å². The SMILES string of the molecule is CCOc1ccc(C(=O)N(CC)C2CCCCC2)cc1. The minimum Gasteiger partial charge on any atom is -0.494 e. The average molecular weight is 275 g/mol. The zero-order valence-electron chi connectivity index (χ0n) is 12.6. The molecule has 0 spiro atoms. The summed E-state index contributed by atoms with van der Waals surface area (Å²) in [5.74, 6) is 0.979. The highest BCUT2D eigenvalue weighted by Gasteiger charge is 2.24. The van der Waals surface area contributed by atoms with Crippen LogP contribution in [0.5, 0.6) is 5.75 Å². The highest BCUT2D eigenvalue weighted by molar-refractivity contribution is 5.94. The second-order valence-corrected chi connectivity index (χ2v) is 5.34. The summed E-state index contributed by atoms with van der Waals surface area (Å²) >= 11 is 0. The van der Waals surface area contributed by atoms with Gasteiger partial charge in [-0.15, -0.1) is 0 Å². The smallest absolute Gasteiger partial charge is 0.254 e. The van der Waals surface area contributed by atoms with Crippen LogP contribution in [0.3, 0.4) is 0 Å². The first-order chi connectivity index (χ1) is 9.76. The molecule has 2 rings (SSSR count). The Kier molecular flexibility index (Phi) is 5.45. The number of hydrogen-bond donors (Lipinski definition) is 0. The van der Waals surface area contributed by atoms with Gasteiger partial charge in [0.15, 0.2) is 0 Å². The first-order valence-corrected chi connectivity index (χ1v) is 7.80. The van der Waals surface area contributed by atoms with Crippen LogP contribution in [0.15, 0.2) is 24.3 Å². The summed E-state index contributed by atoms with van der Waals surface area (Å²) in [4.78, 5) is 14.7. The van der Waals surface area contributed by atoms with Crippen molar-refractivity contribution in [3.8, 4) is 5.75 Å². The van der Waals surface area contributed by atoms with Crippen molar-refractivity contribution in [1.29, 1.82) is 0 Å². The van der Waals surface area contributed by atoms with Crippen LogP contribution >= 0.6 is 0 Å². The van der Waals surface area contributed by atoms with Gasteiger partial charge in [0.05, 0.1) is 6.61 Å². The summed E-state index contributed by atoms with van der Waals surface area (Å²) in [7, 11) is 0. The van der Waals surface area contributed by atoms with Crippen molar-refractivity contribution in [2.45, 2.75) is 52.0 Å². The number of ether oxygens (including phenoxy) is 1. The summed E-state index contributed by atoms with van der Waals surface area (Å²) in [6, 6.07) is 7.93. The molecule has 1 aromatic rings. The average Bonchev–Trinajstić information content (AvgIpc) is 2.50. The summed E-state index contributed by atoms with van der Waals surface area (Å²) in [6.07, 6.45) is 6.11. The number of carbonyl (C=O) groups excluding carboxylic acids is 1. The third kappa shape index (κ3) is 3.53. The predicted octanol–water partition coefficient (Wildman–Crippen LogP) is 3.88. The second-order valence-electron chi connectivity index (χ2n) is 5.34. The molecule has 0 aliphatic heterocycles. The van der Waals surface area contributed by atoms with Gasteiger partial charge in [0.2, 0.25) is 0 Å². The Hall–Kier alpha value is -1.51. The molecule has 0 radical (unpaired) electrons. The van der Waals surface area contributed by atoms with E-state index < -0.39 is 0 Å². The zero-order chi connectivity index (χ0) is 14.4. The highest BCUT2D eigenvalue weighted by atomic mass is 16.5. The lowest BCUT2D eigenvalue weighted by molar-refractivity contribution is 0.0648. The van der Waals surface area contributed by atoms with Gasteiger partial charge in [0.1, 0.15) is 5.75 Å². The van der Waals surface area contributed by atoms with Gasteiger partial charge in [-0.1, -0.05) is 19.3 Å². The van der Waals surface area contributed by atoms with Crippen LogP contribution in [0.25, 0.3) is 0 Å². The van der Waals surface area contributed by atoms with Gasteiger partial charge in [-0.05, 0) is 51.0 Å². The molecule has 20 heavy (non-hydrogen) atoms. The lowest BCUT2D eigenvalue weighted by Crippen LogP contribution is -2.41. The quantitative estimate of drug-likeness (QED) is 0.816. The van der Waals surface area contributed by atoms with E-state index in [0.29, 0.717) is 12.6 Å². The number of benzene rings is 1. The molecular weight excluding hydrogens is 250 g/mol. The molecule has 1 fully saturated rings. The molecule has 1 aromatic carbocycles. The van der Waals surface area contributed by atoms with Crippen LogP contribution in [0.1, 0.15) is 56.3 Å². The first kappa shape index (κ1) is 14.9. The van der Waals surface area contributed by atoms with E-state index in [1.165, 1.54) is 19.3 Å². The van der Waals surface area contributed by atoms with Crippen molar-refractivity contribution in [2.24, 2.45) is 0 Å². The Balaban J connectivity index is 2.07. The lowest BCUT2D eigenvalue weighted by atomic mass is 9.93. The predicted molar refractivity (Wildman–Crippen MR) is 81.2 cm³/mol. The molecule has 0 bridgehead atoms. The summed E-state index contributed by atoms with van der Waals surface area (Å²) in [6.45, 7) is 5.47. The molecule has 3 heteroatoms. The van der Waals surface area contributed by atoms with Gasteiger partial charge in [-0.3, -0.25) is 4.79 Å². The minimum atomic E-state index is 0.155. The van der Waals surface area contributed by atoms with Gasteiger partial charge in [-0.25, -0.2) is 0 Å². The van der Waals surface area contributed by atoms with Gasteiger partial charge in [0.25, 0.3) is 5.91 Å². The molecule has 0 unspecified atom stereocenters. The molecule has 1 amide bonds. The van der Waals surface area contributed by atoms with Crippen molar-refractivity contribution < 1.29 is 9.53 Å². The molecule has 0 atom stereocenters. The Labute approximate surface area is 121 Å². The Morgan fingerprint density at radius 2 is 1.80 bits per heavy atom. The van der Waals surface area contributed by atoms with Crippen LogP contribution in [0.4, 0.5) is 0 Å². The summed E-state index contributed by atoms with van der Waals surface area (Å²) in [5.41, 5.74) is 0.765. The maximum Gasteiger partial charge on any atom is 0.254 e. The highest BCUT2D eigenvalue weighted by Crippen LogP contribution is 2.24. The van der Waals surface area contributed by atoms with E-state index in [1.807, 2.05) is 36.1 Å². The van der Waals surface area contributed by atoms with Gasteiger partial charge >= 0.3 is 0 Å². The van der Waals surface area contributed by atoms with Crippen molar-refractivity contribution in [3.63, 3.8) is 0 Å². The lowest BCUT2D eigenvalue weighted by Gasteiger charge is -2.33. The molecule has 1 aliphatic carbocycles. The first-order valence-electron chi connectivity index (χ1n) is 7.80. The van der Waals surface area contributed by atoms with Crippen molar-refractivity contribution in [2.75, 3.05) is 13.2 Å². The minimum absolute atomic E-state index is 0.155. The molecule has 3 nitrogen and oxygen atoms in total. The van der Waals surface area contributed by atoms with Crippen LogP contribution in [-0.4, -0.2) is 30.0 Å². The maximum absolute atomic E-state index is 12.6. The van der Waals surface area contributed by atoms with E-state index in [2.05, 4.69) is 6.92 Å². The van der Waals surface area contributed by atoms with Crippen molar-refractivity contribution in [3.05, 3.63) is 29.8 Å². The molecular formula is C17H25NO2. The van der Waals surface area contributed by atoms with Crippen molar-refractivity contribution >= 4 is 5.91 Å². The zero-order valence-corrected chi connectivity index (χ0v) is 12.6. The topological polar surface area (TPSA) is 29.5 Å². The second kappa shape index (κ2) is 7.32. The number of nitrogens with zero attached hydrogens (tertiary/aromatic N) is 1. The van der Waals surface area contributed by atoms with Crippen molar-refractivity contribution in [1.82, 2.24) is 4.90 Å². The molecule has 0 aromatic heterocycles. The Morgan fingerprint density at radius 1 is 1.15 bits per heavy atom. The number of rotatable bonds is 5. The van der Waals surface area contributed by atoms with E-state index >= 15 is 0 Å². The molecule has 1 aliphatic rings. The summed E-state index contributed by atoms with van der Waals surface area (Å²) < 4.78 is 5.42. The van der Waals surface area contributed by atoms with Gasteiger partial charge in [-0.2, -0.15) is 0 Å². The summed E-state index contributed by atoms with van der Waals surface area (Å²) in [5, 5.41) is 0. The van der Waals surface area contributed by atoms with E-state index in [0.717, 1.165) is 30.7 Å². The third-order valence-electron chi connectivity index (χ3n) is 4.03. The van der Waals surface area contributed by atoms with Gasteiger partial charge < -0.3 is 9.64 Å². The molecule has 1 saturated carbocycles. The Bertz CT molecular complexity index is 421. The fourth-order valence-electron chi connectivity index (χ4n) is 2.99. The monoisotopic (exact) mass is 275 g/mol. The normalized spacial score (nSPS) is 15.9. The molecule has 0 saturated heterocycles. The molecule has 0 N–H and O–H groups in total. The van der Waals surface area contributed by atoms with Crippen LogP contribution in [-0.2, 0) is 0 Å². The molecule has 0 heterocycles. The number of hydrogen-bond acceptors (Lipinski definition) is 2. The standard InChI is InChI=1S/C17H25NO2/c1-3-18(15-8-6-5-7-9-15)17(19)14-10-12-16(13-11-14)20-4-2/h10-13,15H,3-9H2,1-2H3. The van der Waals surface area contributed by atoms with Crippen LogP contribution in [0, 0.1) is 0 Å². The number of carbonyl (C=O) groups is 1. The van der Waals surface area contributed by atoms with E-state index in [-0.39, 0.29) is 5.91 Å². The maximum atomic E-state index is 12.6. The largest absolute Gasteiger partial charge is 0.494 e. The van der Waals surface area contributed by atoms with E-state index in [4.69, 9.17) is 4.74 Å². The van der Waals surface area contributed by atoms with Gasteiger partial charge in [0, 0.05) is 18.2 Å².